The van der Waals surface area contributed by atoms with E-state index in [0.717, 1.165) is 11.8 Å². The molecule has 2 rings (SSSR count). The van der Waals surface area contributed by atoms with Crippen molar-refractivity contribution < 1.29 is 46.2 Å². The largest absolute Gasteiger partial charge is 0.471 e. The van der Waals surface area contributed by atoms with Crippen molar-refractivity contribution in [1.82, 2.24) is 9.80 Å². The lowest BCUT2D eigenvalue weighted by Gasteiger charge is -2.37. The van der Waals surface area contributed by atoms with Crippen LogP contribution >= 0.6 is 0 Å². The third kappa shape index (κ3) is 6.94. The number of ether oxygens (including phenoxy) is 2. The zero-order chi connectivity index (χ0) is 27.0. The van der Waals surface area contributed by atoms with E-state index in [0.29, 0.717) is 6.42 Å². The van der Waals surface area contributed by atoms with Gasteiger partial charge in [-0.15, -0.1) is 0 Å². The van der Waals surface area contributed by atoms with Crippen molar-refractivity contribution in [2.45, 2.75) is 70.5 Å². The molecule has 1 fully saturated rings. The van der Waals surface area contributed by atoms with Gasteiger partial charge in [-0.3, -0.25) is 9.59 Å². The predicted octanol–water partition coefficient (Wildman–Crippen LogP) is 3.35. The summed E-state index contributed by atoms with van der Waals surface area (Å²) in [6.07, 6.45) is -7.67. The van der Waals surface area contributed by atoms with E-state index in [2.05, 4.69) is 0 Å². The minimum atomic E-state index is -5.47. The number of nitrogens with zero attached hydrogens (tertiary/aromatic N) is 2. The summed E-state index contributed by atoms with van der Waals surface area (Å²) in [5.74, 6) is -5.49. The van der Waals surface area contributed by atoms with E-state index in [1.54, 1.807) is 13.0 Å². The fourth-order valence-corrected chi connectivity index (χ4v) is 4.16. The molecule has 4 atom stereocenters. The molecule has 1 aromatic rings. The molecule has 0 spiro atoms. The van der Waals surface area contributed by atoms with Gasteiger partial charge in [0, 0.05) is 13.0 Å². The molecule has 2 amide bonds. The van der Waals surface area contributed by atoms with Gasteiger partial charge in [0.1, 0.15) is 24.3 Å². The number of hydrogen-bond donors (Lipinski definition) is 0. The van der Waals surface area contributed by atoms with Crippen LogP contribution in [0.2, 0.25) is 0 Å². The van der Waals surface area contributed by atoms with Crippen LogP contribution < -0.4 is 0 Å². The maximum absolute atomic E-state index is 15.1. The first kappa shape index (κ1) is 29.1. The first-order valence-electron chi connectivity index (χ1n) is 11.7. The summed E-state index contributed by atoms with van der Waals surface area (Å²) in [7, 11) is 0. The van der Waals surface area contributed by atoms with Crippen molar-refractivity contribution in [3.05, 3.63) is 35.9 Å². The smallest absolute Gasteiger partial charge is 0.464 e. The Labute approximate surface area is 206 Å². The number of alkyl halides is 4. The van der Waals surface area contributed by atoms with Gasteiger partial charge in [0.15, 0.2) is 0 Å². The number of carbonyl (C=O) groups is 4. The molecule has 0 saturated carbocycles. The quantitative estimate of drug-likeness (QED) is 0.349. The third-order valence-corrected chi connectivity index (χ3v) is 5.83. The Morgan fingerprint density at radius 1 is 1.08 bits per heavy atom. The summed E-state index contributed by atoms with van der Waals surface area (Å²) in [5, 5.41) is 0. The average Bonchev–Trinajstić information content (AvgIpc) is 3.33. The van der Waals surface area contributed by atoms with E-state index in [9.17, 15) is 32.3 Å². The third-order valence-electron chi connectivity index (χ3n) is 5.83. The Morgan fingerprint density at radius 2 is 1.69 bits per heavy atom. The molecule has 1 unspecified atom stereocenters. The number of rotatable bonds is 10. The Morgan fingerprint density at radius 3 is 2.25 bits per heavy atom. The topological polar surface area (TPSA) is 93.2 Å². The minimum absolute atomic E-state index is 0.0242. The highest BCUT2D eigenvalue weighted by Crippen LogP contribution is 2.31. The number of hydrogen-bond acceptors (Lipinski definition) is 6. The van der Waals surface area contributed by atoms with Crippen LogP contribution in [-0.2, 0) is 28.7 Å². The maximum atomic E-state index is 15.1. The van der Waals surface area contributed by atoms with Crippen LogP contribution in [0.4, 0.5) is 17.6 Å². The second-order valence-corrected chi connectivity index (χ2v) is 8.21. The van der Waals surface area contributed by atoms with E-state index < -0.39 is 60.6 Å². The summed E-state index contributed by atoms with van der Waals surface area (Å²) < 4.78 is 65.9. The van der Waals surface area contributed by atoms with E-state index in [1.807, 2.05) is 0 Å². The highest BCUT2D eigenvalue weighted by Gasteiger charge is 2.51. The molecule has 1 aliphatic heterocycles. The van der Waals surface area contributed by atoms with Crippen LogP contribution in [0.25, 0.3) is 0 Å². The standard InChI is InChI=1S/C24H30F4N2O6/c1-4-35-21(32)18-12-9-13-29(18)20(31)15(3)30(23(34)24(26,27)28)19(22(33)36-5-2)14-17(25)16-10-7-6-8-11-16/h6-8,10-11,15,17-19H,4-5,9,12-14H2,1-3H3/t15-,17?,18-,19-/m0/s1. The molecule has 0 bridgehead atoms. The van der Waals surface area contributed by atoms with Crippen molar-refractivity contribution in [3.8, 4) is 0 Å². The second kappa shape index (κ2) is 12.7. The Bertz CT molecular complexity index is 927. The molecule has 0 radical (unpaired) electrons. The maximum Gasteiger partial charge on any atom is 0.471 e. The zero-order valence-electron chi connectivity index (χ0n) is 20.3. The number of halogens is 4. The molecule has 1 aliphatic rings. The first-order valence-corrected chi connectivity index (χ1v) is 11.7. The molecule has 200 valence electrons. The molecule has 12 heteroatoms. The van der Waals surface area contributed by atoms with Crippen LogP contribution in [0.15, 0.2) is 30.3 Å². The number of amides is 2. The normalized spacial score (nSPS) is 18.2. The molecule has 1 aromatic carbocycles. The Hall–Kier alpha value is -3.18. The monoisotopic (exact) mass is 518 g/mol. The average molecular weight is 519 g/mol. The SMILES string of the molecule is CCOC(=O)[C@@H]1CCCN1C(=O)[C@H](C)N(C(=O)C(F)(F)F)[C@@H](CC(F)c1ccccc1)C(=O)OCC. The summed E-state index contributed by atoms with van der Waals surface area (Å²) in [6.45, 7) is 3.81. The molecule has 1 saturated heterocycles. The van der Waals surface area contributed by atoms with Gasteiger partial charge in [0.2, 0.25) is 5.91 Å². The van der Waals surface area contributed by atoms with Gasteiger partial charge in [0.05, 0.1) is 13.2 Å². The van der Waals surface area contributed by atoms with Crippen LogP contribution in [0.3, 0.4) is 0 Å². The van der Waals surface area contributed by atoms with Gasteiger partial charge in [-0.2, -0.15) is 13.2 Å². The number of carbonyl (C=O) groups excluding carboxylic acids is 4. The lowest BCUT2D eigenvalue weighted by molar-refractivity contribution is -0.195. The Kier molecular flexibility index (Phi) is 10.2. The van der Waals surface area contributed by atoms with Gasteiger partial charge in [0.25, 0.3) is 0 Å². The fraction of sp³-hybridized carbons (Fsp3) is 0.583. The van der Waals surface area contributed by atoms with E-state index in [4.69, 9.17) is 9.47 Å². The fourth-order valence-electron chi connectivity index (χ4n) is 4.16. The summed E-state index contributed by atoms with van der Waals surface area (Å²) in [5.41, 5.74) is 0.0760. The molecule has 1 heterocycles. The minimum Gasteiger partial charge on any atom is -0.464 e. The van der Waals surface area contributed by atoms with Crippen molar-refractivity contribution >= 4 is 23.8 Å². The second-order valence-electron chi connectivity index (χ2n) is 8.21. The summed E-state index contributed by atoms with van der Waals surface area (Å²) in [4.78, 5) is 51.9. The number of benzene rings is 1. The number of esters is 2. The van der Waals surface area contributed by atoms with Gasteiger partial charge >= 0.3 is 24.0 Å². The zero-order valence-corrected chi connectivity index (χ0v) is 20.3. The van der Waals surface area contributed by atoms with Crippen molar-refractivity contribution in [2.75, 3.05) is 19.8 Å². The lowest BCUT2D eigenvalue weighted by atomic mass is 10.00. The molecule has 36 heavy (non-hydrogen) atoms. The van der Waals surface area contributed by atoms with Gasteiger partial charge in [-0.25, -0.2) is 14.0 Å². The van der Waals surface area contributed by atoms with E-state index in [-0.39, 0.29) is 36.6 Å². The highest BCUT2D eigenvalue weighted by atomic mass is 19.4. The van der Waals surface area contributed by atoms with E-state index in [1.165, 1.54) is 31.2 Å². The Balaban J connectivity index is 2.46. The van der Waals surface area contributed by atoms with Crippen molar-refractivity contribution in [2.24, 2.45) is 0 Å². The number of likely N-dealkylation sites (tertiary alicyclic amines) is 1. The van der Waals surface area contributed by atoms with Gasteiger partial charge in [-0.1, -0.05) is 30.3 Å². The van der Waals surface area contributed by atoms with Crippen LogP contribution in [0.1, 0.15) is 51.8 Å². The molecular formula is C24H30F4N2O6. The van der Waals surface area contributed by atoms with Crippen LogP contribution in [0, 0.1) is 0 Å². The molecule has 0 N–H and O–H groups in total. The molecule has 0 aromatic heterocycles. The van der Waals surface area contributed by atoms with Crippen LogP contribution in [0.5, 0.6) is 0 Å². The van der Waals surface area contributed by atoms with Crippen molar-refractivity contribution in [1.29, 1.82) is 0 Å². The van der Waals surface area contributed by atoms with Crippen molar-refractivity contribution in [3.63, 3.8) is 0 Å². The molecular weight excluding hydrogens is 488 g/mol. The van der Waals surface area contributed by atoms with Crippen LogP contribution in [-0.4, -0.2) is 77.6 Å². The first-order chi connectivity index (χ1) is 16.9. The molecule has 8 nitrogen and oxygen atoms in total. The van der Waals surface area contributed by atoms with E-state index >= 15 is 4.39 Å². The highest BCUT2D eigenvalue weighted by molar-refractivity contribution is 5.94. The molecule has 0 aliphatic carbocycles. The van der Waals surface area contributed by atoms with Gasteiger partial charge in [-0.05, 0) is 39.2 Å². The summed E-state index contributed by atoms with van der Waals surface area (Å²) >= 11 is 0. The lowest BCUT2D eigenvalue weighted by Crippen LogP contribution is -2.60. The summed E-state index contributed by atoms with van der Waals surface area (Å²) in [6, 6.07) is 2.43. The van der Waals surface area contributed by atoms with Gasteiger partial charge < -0.3 is 19.3 Å². The predicted molar refractivity (Wildman–Crippen MR) is 119 cm³/mol.